The molecule has 0 saturated carbocycles. The van der Waals surface area contributed by atoms with Gasteiger partial charge in [-0.3, -0.25) is 4.79 Å². The predicted octanol–water partition coefficient (Wildman–Crippen LogP) is 3.51. The van der Waals surface area contributed by atoms with Gasteiger partial charge in [-0.2, -0.15) is 0 Å². The predicted molar refractivity (Wildman–Crippen MR) is 85.4 cm³/mol. The summed E-state index contributed by atoms with van der Waals surface area (Å²) >= 11 is 3.53. The van der Waals surface area contributed by atoms with Crippen LogP contribution in [0.15, 0.2) is 16.6 Å². The van der Waals surface area contributed by atoms with E-state index in [1.54, 1.807) is 0 Å². The highest BCUT2D eigenvalue weighted by Crippen LogP contribution is 2.37. The van der Waals surface area contributed by atoms with E-state index in [0.29, 0.717) is 13.0 Å². The lowest BCUT2D eigenvalue weighted by Crippen LogP contribution is -2.12. The van der Waals surface area contributed by atoms with E-state index < -0.39 is 0 Å². The fraction of sp³-hybridized carbons (Fsp3) is 0.562. The van der Waals surface area contributed by atoms with E-state index in [-0.39, 0.29) is 12.0 Å². The molecule has 2 rings (SSSR count). The van der Waals surface area contributed by atoms with Gasteiger partial charge in [-0.15, -0.1) is 0 Å². The van der Waals surface area contributed by atoms with Gasteiger partial charge in [-0.1, -0.05) is 22.4 Å². The summed E-state index contributed by atoms with van der Waals surface area (Å²) in [7, 11) is 0. The van der Waals surface area contributed by atoms with Crippen molar-refractivity contribution in [1.82, 2.24) is 0 Å². The summed E-state index contributed by atoms with van der Waals surface area (Å²) in [6, 6.07) is 4.08. The van der Waals surface area contributed by atoms with Crippen molar-refractivity contribution in [3.05, 3.63) is 27.7 Å². The largest absolute Gasteiger partial charge is 0.493 e. The summed E-state index contributed by atoms with van der Waals surface area (Å²) in [5.41, 5.74) is 8.58. The van der Waals surface area contributed by atoms with Crippen LogP contribution in [0.25, 0.3) is 0 Å². The molecule has 0 fully saturated rings. The monoisotopic (exact) mass is 355 g/mol. The first-order chi connectivity index (χ1) is 10.1. The third kappa shape index (κ3) is 4.45. The maximum absolute atomic E-state index is 11.3. The molecule has 0 aliphatic carbocycles. The molecule has 0 spiro atoms. The van der Waals surface area contributed by atoms with Crippen molar-refractivity contribution in [2.45, 2.75) is 45.1 Å². The average Bonchev–Trinajstić information content (AvgIpc) is 2.90. The number of carbonyl (C=O) groups is 1. The van der Waals surface area contributed by atoms with Gasteiger partial charge < -0.3 is 15.2 Å². The van der Waals surface area contributed by atoms with Crippen LogP contribution >= 0.6 is 15.9 Å². The van der Waals surface area contributed by atoms with Crippen LogP contribution < -0.4 is 10.5 Å². The van der Waals surface area contributed by atoms with Crippen LogP contribution in [0, 0.1) is 0 Å². The molecule has 1 heterocycles. The van der Waals surface area contributed by atoms with Gasteiger partial charge in [0, 0.05) is 28.9 Å². The first kappa shape index (κ1) is 16.3. The van der Waals surface area contributed by atoms with Gasteiger partial charge in [-0.25, -0.2) is 0 Å². The van der Waals surface area contributed by atoms with Crippen molar-refractivity contribution < 1.29 is 14.3 Å². The third-order valence-electron chi connectivity index (χ3n) is 3.63. The molecule has 1 aromatic rings. The maximum atomic E-state index is 11.3. The fourth-order valence-electron chi connectivity index (χ4n) is 2.60. The zero-order chi connectivity index (χ0) is 15.2. The van der Waals surface area contributed by atoms with E-state index in [1.165, 1.54) is 5.56 Å². The Morgan fingerprint density at radius 1 is 1.48 bits per heavy atom. The van der Waals surface area contributed by atoms with Crippen LogP contribution in [0.3, 0.4) is 0 Å². The molecule has 1 aromatic carbocycles. The number of esters is 1. The molecule has 1 atom stereocenters. The Labute approximate surface area is 134 Å². The number of unbranched alkanes of at least 4 members (excludes halogenated alkanes) is 1. The van der Waals surface area contributed by atoms with Crippen molar-refractivity contribution in [3.8, 4) is 5.75 Å². The summed E-state index contributed by atoms with van der Waals surface area (Å²) in [5, 5.41) is 0. The third-order valence-corrected chi connectivity index (χ3v) is 4.09. The van der Waals surface area contributed by atoms with Gasteiger partial charge in [-0.05, 0) is 37.5 Å². The zero-order valence-corrected chi connectivity index (χ0v) is 13.9. The SMILES string of the molecule is CCOC(=O)CCCCC(N)c1cc(Br)cc2c1OCC2. The van der Waals surface area contributed by atoms with Crippen LogP contribution in [0.5, 0.6) is 5.75 Å². The van der Waals surface area contributed by atoms with Crippen molar-refractivity contribution in [1.29, 1.82) is 0 Å². The van der Waals surface area contributed by atoms with E-state index in [2.05, 4.69) is 22.0 Å². The first-order valence-corrected chi connectivity index (χ1v) is 8.27. The smallest absolute Gasteiger partial charge is 0.305 e. The molecule has 116 valence electrons. The second-order valence-corrected chi connectivity index (χ2v) is 6.15. The fourth-order valence-corrected chi connectivity index (χ4v) is 3.12. The number of hydrogen-bond acceptors (Lipinski definition) is 4. The van der Waals surface area contributed by atoms with E-state index >= 15 is 0 Å². The van der Waals surface area contributed by atoms with Gasteiger partial charge in [0.15, 0.2) is 0 Å². The highest BCUT2D eigenvalue weighted by Gasteiger charge is 2.21. The molecular formula is C16H22BrNO3. The van der Waals surface area contributed by atoms with Crippen LogP contribution in [-0.4, -0.2) is 19.2 Å². The van der Waals surface area contributed by atoms with Gasteiger partial charge in [0.25, 0.3) is 0 Å². The van der Waals surface area contributed by atoms with Crippen molar-refractivity contribution in [3.63, 3.8) is 0 Å². The molecule has 0 aromatic heterocycles. The molecule has 1 aliphatic heterocycles. The minimum atomic E-state index is -0.127. The van der Waals surface area contributed by atoms with Gasteiger partial charge in [0.1, 0.15) is 5.75 Å². The second-order valence-electron chi connectivity index (χ2n) is 5.24. The van der Waals surface area contributed by atoms with Crippen molar-refractivity contribution >= 4 is 21.9 Å². The van der Waals surface area contributed by atoms with Gasteiger partial charge in [0.2, 0.25) is 0 Å². The van der Waals surface area contributed by atoms with E-state index in [1.807, 2.05) is 13.0 Å². The Balaban J connectivity index is 1.87. The minimum Gasteiger partial charge on any atom is -0.493 e. The quantitative estimate of drug-likeness (QED) is 0.600. The van der Waals surface area contributed by atoms with Crippen LogP contribution in [-0.2, 0) is 16.0 Å². The lowest BCUT2D eigenvalue weighted by molar-refractivity contribution is -0.143. The summed E-state index contributed by atoms with van der Waals surface area (Å²) in [6.45, 7) is 3.00. The number of carbonyl (C=O) groups excluding carboxylic acids is 1. The Morgan fingerprint density at radius 3 is 3.05 bits per heavy atom. The number of rotatable bonds is 7. The zero-order valence-electron chi connectivity index (χ0n) is 12.4. The van der Waals surface area contributed by atoms with Gasteiger partial charge >= 0.3 is 5.97 Å². The molecule has 2 N–H and O–H groups in total. The van der Waals surface area contributed by atoms with E-state index in [4.69, 9.17) is 15.2 Å². The Kier molecular flexibility index (Phi) is 6.06. The maximum Gasteiger partial charge on any atom is 0.305 e. The molecule has 0 radical (unpaired) electrons. The standard InChI is InChI=1S/C16H22BrNO3/c1-2-20-15(19)6-4-3-5-14(18)13-10-12(17)9-11-7-8-21-16(11)13/h9-10,14H,2-8,18H2,1H3. The Hall–Kier alpha value is -1.07. The normalized spacial score (nSPS) is 14.4. The number of hydrogen-bond donors (Lipinski definition) is 1. The lowest BCUT2D eigenvalue weighted by Gasteiger charge is -2.16. The highest BCUT2D eigenvalue weighted by molar-refractivity contribution is 9.10. The average molecular weight is 356 g/mol. The number of ether oxygens (including phenoxy) is 2. The van der Waals surface area contributed by atoms with Crippen molar-refractivity contribution in [2.24, 2.45) is 5.73 Å². The number of nitrogens with two attached hydrogens (primary N) is 1. The Bertz CT molecular complexity index is 505. The molecule has 0 bridgehead atoms. The van der Waals surface area contributed by atoms with Gasteiger partial charge in [0.05, 0.1) is 13.2 Å². The van der Waals surface area contributed by atoms with Crippen molar-refractivity contribution in [2.75, 3.05) is 13.2 Å². The molecule has 4 nitrogen and oxygen atoms in total. The summed E-state index contributed by atoms with van der Waals surface area (Å²) in [6.07, 6.45) is 3.96. The number of benzene rings is 1. The topological polar surface area (TPSA) is 61.5 Å². The first-order valence-electron chi connectivity index (χ1n) is 7.48. The van der Waals surface area contributed by atoms with Crippen LogP contribution in [0.1, 0.15) is 49.8 Å². The molecule has 1 unspecified atom stereocenters. The molecule has 0 saturated heterocycles. The molecule has 5 heteroatoms. The summed E-state index contributed by atoms with van der Waals surface area (Å²) in [4.78, 5) is 11.3. The highest BCUT2D eigenvalue weighted by atomic mass is 79.9. The minimum absolute atomic E-state index is 0.0588. The lowest BCUT2D eigenvalue weighted by atomic mass is 9.98. The molecule has 1 aliphatic rings. The summed E-state index contributed by atoms with van der Waals surface area (Å²) in [5.74, 6) is 0.828. The number of fused-ring (bicyclic) bond motifs is 1. The molecular weight excluding hydrogens is 334 g/mol. The summed E-state index contributed by atoms with van der Waals surface area (Å²) < 4.78 is 11.7. The van der Waals surface area contributed by atoms with E-state index in [0.717, 1.165) is 48.1 Å². The Morgan fingerprint density at radius 2 is 2.29 bits per heavy atom. The van der Waals surface area contributed by atoms with E-state index in [9.17, 15) is 4.79 Å². The number of halogens is 1. The second kappa shape index (κ2) is 7.80. The van der Waals surface area contributed by atoms with Crippen LogP contribution in [0.2, 0.25) is 0 Å². The van der Waals surface area contributed by atoms with Crippen LogP contribution in [0.4, 0.5) is 0 Å². The molecule has 21 heavy (non-hydrogen) atoms. The molecule has 0 amide bonds.